The fourth-order valence-corrected chi connectivity index (χ4v) is 4.57. The fraction of sp³-hybridized carbons (Fsp3) is 0.161. The molecule has 5 rings (SSSR count). The number of nitrogens with zero attached hydrogens (tertiary/aromatic N) is 4. The zero-order valence-electron chi connectivity index (χ0n) is 21.9. The standard InChI is InChI=1S/C31H28FN5O3/c1-40-24-13-9-12-23(18-24)20-36(29(38)21-37-28-17-8-7-16-27(28)34-35-37)30(25-14-5-6-15-26(25)32)31(39)33-19-22-10-3-2-4-11-22/h2-18,30H,19-21H2,1H3,(H,33,39)/t30-/m1/s1. The zero-order chi connectivity index (χ0) is 27.9. The summed E-state index contributed by atoms with van der Waals surface area (Å²) in [6.45, 7) is 0.0569. The minimum absolute atomic E-state index is 0.0282. The van der Waals surface area contributed by atoms with Gasteiger partial charge in [-0.25, -0.2) is 9.07 Å². The lowest BCUT2D eigenvalue weighted by atomic mass is 10.0. The molecule has 0 aliphatic heterocycles. The number of amides is 2. The van der Waals surface area contributed by atoms with E-state index in [1.54, 1.807) is 43.5 Å². The number of fused-ring (bicyclic) bond motifs is 1. The number of halogens is 1. The lowest BCUT2D eigenvalue weighted by molar-refractivity contribution is -0.142. The molecule has 202 valence electrons. The van der Waals surface area contributed by atoms with E-state index in [-0.39, 0.29) is 25.2 Å². The predicted molar refractivity (Wildman–Crippen MR) is 149 cm³/mol. The van der Waals surface area contributed by atoms with E-state index in [2.05, 4.69) is 15.6 Å². The molecule has 0 aliphatic carbocycles. The van der Waals surface area contributed by atoms with E-state index in [0.29, 0.717) is 22.3 Å². The highest BCUT2D eigenvalue weighted by molar-refractivity contribution is 5.89. The Bertz CT molecular complexity index is 1620. The molecule has 0 bridgehead atoms. The predicted octanol–water partition coefficient (Wildman–Crippen LogP) is 4.67. The van der Waals surface area contributed by atoms with E-state index in [1.165, 1.54) is 21.7 Å². The molecule has 1 aromatic heterocycles. The number of para-hydroxylation sites is 1. The summed E-state index contributed by atoms with van der Waals surface area (Å²) in [5, 5.41) is 11.2. The highest BCUT2D eigenvalue weighted by atomic mass is 19.1. The number of ether oxygens (including phenoxy) is 1. The second-order valence-electron chi connectivity index (χ2n) is 9.24. The number of methoxy groups -OCH3 is 1. The van der Waals surface area contributed by atoms with Crippen LogP contribution >= 0.6 is 0 Å². The van der Waals surface area contributed by atoms with E-state index in [9.17, 15) is 9.59 Å². The number of hydrogen-bond acceptors (Lipinski definition) is 5. The molecule has 0 fully saturated rings. The van der Waals surface area contributed by atoms with Crippen molar-refractivity contribution in [3.8, 4) is 5.75 Å². The summed E-state index contributed by atoms with van der Waals surface area (Å²) < 4.78 is 22.1. The van der Waals surface area contributed by atoms with Crippen molar-refractivity contribution in [2.45, 2.75) is 25.7 Å². The van der Waals surface area contributed by atoms with Gasteiger partial charge in [-0.3, -0.25) is 9.59 Å². The first-order valence-electron chi connectivity index (χ1n) is 12.8. The number of carbonyl (C=O) groups is 2. The van der Waals surface area contributed by atoms with Crippen LogP contribution in [0.3, 0.4) is 0 Å². The zero-order valence-corrected chi connectivity index (χ0v) is 21.9. The average Bonchev–Trinajstić information content (AvgIpc) is 3.39. The second-order valence-corrected chi connectivity index (χ2v) is 9.24. The van der Waals surface area contributed by atoms with Gasteiger partial charge in [0.15, 0.2) is 0 Å². The van der Waals surface area contributed by atoms with Crippen LogP contribution in [-0.4, -0.2) is 38.8 Å². The first kappa shape index (κ1) is 26.6. The van der Waals surface area contributed by atoms with Gasteiger partial charge in [-0.2, -0.15) is 0 Å². The Morgan fingerprint density at radius 2 is 1.65 bits per heavy atom. The van der Waals surface area contributed by atoms with Gasteiger partial charge in [0.1, 0.15) is 29.7 Å². The summed E-state index contributed by atoms with van der Waals surface area (Å²) >= 11 is 0. The molecule has 8 nitrogen and oxygen atoms in total. The monoisotopic (exact) mass is 537 g/mol. The Balaban J connectivity index is 1.53. The molecule has 4 aromatic carbocycles. The van der Waals surface area contributed by atoms with E-state index in [0.717, 1.165) is 5.56 Å². The van der Waals surface area contributed by atoms with Crippen LogP contribution in [0.2, 0.25) is 0 Å². The number of carbonyl (C=O) groups excluding carboxylic acids is 2. The van der Waals surface area contributed by atoms with E-state index >= 15 is 4.39 Å². The van der Waals surface area contributed by atoms with Crippen LogP contribution in [0.25, 0.3) is 11.0 Å². The average molecular weight is 538 g/mol. The van der Waals surface area contributed by atoms with Gasteiger partial charge in [0.05, 0.1) is 12.6 Å². The Labute approximate surface area is 231 Å². The Hall–Kier alpha value is -5.05. The second kappa shape index (κ2) is 12.2. The fourth-order valence-electron chi connectivity index (χ4n) is 4.57. The first-order valence-corrected chi connectivity index (χ1v) is 12.8. The molecule has 5 aromatic rings. The number of aromatic nitrogens is 3. The highest BCUT2D eigenvalue weighted by Crippen LogP contribution is 2.28. The van der Waals surface area contributed by atoms with Crippen LogP contribution in [0.4, 0.5) is 4.39 Å². The first-order chi connectivity index (χ1) is 19.5. The summed E-state index contributed by atoms with van der Waals surface area (Å²) in [5.74, 6) is -0.921. The van der Waals surface area contributed by atoms with Crippen molar-refractivity contribution in [2.75, 3.05) is 7.11 Å². The number of hydrogen-bond donors (Lipinski definition) is 1. The van der Waals surface area contributed by atoms with Crippen LogP contribution in [0, 0.1) is 5.82 Å². The molecule has 0 saturated carbocycles. The molecule has 0 radical (unpaired) electrons. The number of nitrogens with one attached hydrogen (secondary N) is 1. The van der Waals surface area contributed by atoms with Crippen molar-refractivity contribution >= 4 is 22.8 Å². The van der Waals surface area contributed by atoms with E-state index in [4.69, 9.17) is 4.74 Å². The van der Waals surface area contributed by atoms with Gasteiger partial charge in [0.25, 0.3) is 0 Å². The number of rotatable bonds is 10. The third-order valence-electron chi connectivity index (χ3n) is 6.58. The molecule has 0 aliphatic rings. The summed E-state index contributed by atoms with van der Waals surface area (Å²) in [6.07, 6.45) is 0. The minimum Gasteiger partial charge on any atom is -0.497 e. The molecular weight excluding hydrogens is 509 g/mol. The molecule has 0 spiro atoms. The third-order valence-corrected chi connectivity index (χ3v) is 6.58. The van der Waals surface area contributed by atoms with E-state index in [1.807, 2.05) is 54.6 Å². The highest BCUT2D eigenvalue weighted by Gasteiger charge is 2.34. The van der Waals surface area contributed by atoms with Crippen LogP contribution < -0.4 is 10.1 Å². The molecule has 40 heavy (non-hydrogen) atoms. The van der Waals surface area contributed by atoms with Crippen LogP contribution in [0.15, 0.2) is 103 Å². The maximum atomic E-state index is 15.3. The van der Waals surface area contributed by atoms with E-state index < -0.39 is 23.7 Å². The Morgan fingerprint density at radius 1 is 0.925 bits per heavy atom. The number of benzene rings is 4. The van der Waals surface area contributed by atoms with Crippen molar-refractivity contribution in [1.29, 1.82) is 0 Å². The summed E-state index contributed by atoms with van der Waals surface area (Å²) in [5.41, 5.74) is 3.00. The van der Waals surface area contributed by atoms with Gasteiger partial charge >= 0.3 is 0 Å². The Kier molecular flexibility index (Phi) is 8.10. The van der Waals surface area contributed by atoms with Gasteiger partial charge in [-0.05, 0) is 41.5 Å². The largest absolute Gasteiger partial charge is 0.497 e. The molecule has 9 heteroatoms. The van der Waals surface area contributed by atoms with Gasteiger partial charge in [-0.15, -0.1) is 5.10 Å². The van der Waals surface area contributed by atoms with Crippen molar-refractivity contribution in [2.24, 2.45) is 0 Å². The van der Waals surface area contributed by atoms with Gasteiger partial charge in [-0.1, -0.05) is 78.0 Å². The summed E-state index contributed by atoms with van der Waals surface area (Å²) in [7, 11) is 1.55. The van der Waals surface area contributed by atoms with Crippen LogP contribution in [0.5, 0.6) is 5.75 Å². The van der Waals surface area contributed by atoms with Crippen LogP contribution in [0.1, 0.15) is 22.7 Å². The van der Waals surface area contributed by atoms with Gasteiger partial charge in [0, 0.05) is 18.7 Å². The van der Waals surface area contributed by atoms with Crippen molar-refractivity contribution < 1.29 is 18.7 Å². The van der Waals surface area contributed by atoms with Crippen molar-refractivity contribution in [3.05, 3.63) is 126 Å². The smallest absolute Gasteiger partial charge is 0.247 e. The lowest BCUT2D eigenvalue weighted by Gasteiger charge is -2.32. The lowest BCUT2D eigenvalue weighted by Crippen LogP contribution is -2.44. The topological polar surface area (TPSA) is 89.3 Å². The van der Waals surface area contributed by atoms with Crippen molar-refractivity contribution in [1.82, 2.24) is 25.2 Å². The SMILES string of the molecule is COc1cccc(CN(C(=O)Cn2nnc3ccccc32)[C@@H](C(=O)NCc2ccccc2)c2ccccc2F)c1. The molecule has 1 atom stereocenters. The Morgan fingerprint density at radius 3 is 2.45 bits per heavy atom. The summed E-state index contributed by atoms with van der Waals surface area (Å²) in [4.78, 5) is 29.2. The summed E-state index contributed by atoms with van der Waals surface area (Å²) in [6, 6.07) is 28.6. The quantitative estimate of drug-likeness (QED) is 0.280. The molecule has 1 heterocycles. The maximum absolute atomic E-state index is 15.3. The van der Waals surface area contributed by atoms with Gasteiger partial charge in [0.2, 0.25) is 11.8 Å². The van der Waals surface area contributed by atoms with Crippen LogP contribution in [-0.2, 0) is 29.2 Å². The molecule has 1 N–H and O–H groups in total. The van der Waals surface area contributed by atoms with Crippen molar-refractivity contribution in [3.63, 3.8) is 0 Å². The maximum Gasteiger partial charge on any atom is 0.247 e. The molecular formula is C31H28FN5O3. The molecule has 0 unspecified atom stereocenters. The van der Waals surface area contributed by atoms with Gasteiger partial charge < -0.3 is 15.0 Å². The normalized spacial score (nSPS) is 11.7. The molecule has 0 saturated heterocycles. The third kappa shape index (κ3) is 5.99. The molecule has 2 amide bonds. The minimum atomic E-state index is -1.25.